The molecule has 0 amide bonds. The summed E-state index contributed by atoms with van der Waals surface area (Å²) in [4.78, 5) is 11.0. The van der Waals surface area contributed by atoms with E-state index < -0.39 is 0 Å². The Kier molecular flexibility index (Phi) is 5.06. The zero-order chi connectivity index (χ0) is 15.2. The van der Waals surface area contributed by atoms with E-state index in [1.165, 1.54) is 32.4 Å². The molecule has 0 spiro atoms. The number of methoxy groups -OCH3 is 1. The number of ether oxygens (including phenoxy) is 2. The van der Waals surface area contributed by atoms with Crippen LogP contribution in [0.2, 0.25) is 0 Å². The fourth-order valence-corrected chi connectivity index (χ4v) is 2.84. The number of hydrogen-bond acceptors (Lipinski definition) is 5. The van der Waals surface area contributed by atoms with Gasteiger partial charge in [-0.3, -0.25) is 0 Å². The first-order chi connectivity index (χ1) is 10.8. The highest BCUT2D eigenvalue weighted by Gasteiger charge is 2.09. The van der Waals surface area contributed by atoms with Crippen LogP contribution in [-0.2, 0) is 0 Å². The first kappa shape index (κ1) is 15.0. The lowest BCUT2D eigenvalue weighted by Crippen LogP contribution is -2.31. The predicted octanol–water partition coefficient (Wildman–Crippen LogP) is 2.89. The third-order valence-corrected chi connectivity index (χ3v) is 4.05. The molecule has 1 saturated heterocycles. The largest absolute Gasteiger partial charge is 0.493 e. The summed E-state index contributed by atoms with van der Waals surface area (Å²) in [6.45, 7) is 4.35. The zero-order valence-corrected chi connectivity index (χ0v) is 13.1. The lowest BCUT2D eigenvalue weighted by molar-refractivity contribution is 0.205. The molecule has 1 fully saturated rings. The van der Waals surface area contributed by atoms with Gasteiger partial charge in [0.1, 0.15) is 5.75 Å². The van der Waals surface area contributed by atoms with E-state index in [9.17, 15) is 0 Å². The summed E-state index contributed by atoms with van der Waals surface area (Å²) < 4.78 is 10.9. The molecule has 5 nitrogen and oxygen atoms in total. The molecule has 0 bridgehead atoms. The Bertz CT molecular complexity index is 612. The van der Waals surface area contributed by atoms with Gasteiger partial charge < -0.3 is 14.4 Å². The molecule has 1 aliphatic heterocycles. The number of fused-ring (bicyclic) bond motifs is 1. The van der Waals surface area contributed by atoms with Crippen molar-refractivity contribution in [2.24, 2.45) is 0 Å². The van der Waals surface area contributed by atoms with Crippen molar-refractivity contribution in [2.75, 3.05) is 33.4 Å². The second-order valence-corrected chi connectivity index (χ2v) is 5.68. The minimum atomic E-state index is 0.384. The van der Waals surface area contributed by atoms with Crippen LogP contribution in [0.25, 0.3) is 10.9 Å². The highest BCUT2D eigenvalue weighted by atomic mass is 16.5. The first-order valence-corrected chi connectivity index (χ1v) is 8.01. The SMILES string of the molecule is COc1ncc2ccc(OCCCN3CCCCC3)cc2n1. The summed E-state index contributed by atoms with van der Waals surface area (Å²) in [5.74, 6) is 0.854. The molecule has 5 heteroatoms. The van der Waals surface area contributed by atoms with Crippen LogP contribution in [0.1, 0.15) is 25.7 Å². The number of piperidine rings is 1. The van der Waals surface area contributed by atoms with Crippen LogP contribution in [0.3, 0.4) is 0 Å². The van der Waals surface area contributed by atoms with Gasteiger partial charge in [-0.25, -0.2) is 4.98 Å². The van der Waals surface area contributed by atoms with Crippen molar-refractivity contribution in [3.05, 3.63) is 24.4 Å². The lowest BCUT2D eigenvalue weighted by Gasteiger charge is -2.26. The maximum absolute atomic E-state index is 5.85. The first-order valence-electron chi connectivity index (χ1n) is 8.01. The van der Waals surface area contributed by atoms with Gasteiger partial charge in [-0.2, -0.15) is 4.98 Å². The second kappa shape index (κ2) is 7.40. The van der Waals surface area contributed by atoms with E-state index in [-0.39, 0.29) is 0 Å². The summed E-state index contributed by atoms with van der Waals surface area (Å²) in [6.07, 6.45) is 6.89. The van der Waals surface area contributed by atoms with Crippen molar-refractivity contribution in [1.29, 1.82) is 0 Å². The summed E-state index contributed by atoms with van der Waals surface area (Å²) in [7, 11) is 1.57. The summed E-state index contributed by atoms with van der Waals surface area (Å²) >= 11 is 0. The van der Waals surface area contributed by atoms with Crippen LogP contribution in [0, 0.1) is 0 Å². The monoisotopic (exact) mass is 301 g/mol. The summed E-state index contributed by atoms with van der Waals surface area (Å²) in [5, 5.41) is 0.987. The molecule has 22 heavy (non-hydrogen) atoms. The molecular formula is C17H23N3O2. The standard InChI is InChI=1S/C17H23N3O2/c1-21-17-18-13-14-6-7-15(12-16(14)19-17)22-11-5-10-20-8-3-2-4-9-20/h6-7,12-13H,2-5,8-11H2,1H3. The van der Waals surface area contributed by atoms with Crippen LogP contribution < -0.4 is 9.47 Å². The molecule has 0 unspecified atom stereocenters. The molecule has 0 aliphatic carbocycles. The minimum Gasteiger partial charge on any atom is -0.493 e. The second-order valence-electron chi connectivity index (χ2n) is 5.68. The quantitative estimate of drug-likeness (QED) is 0.768. The fourth-order valence-electron chi connectivity index (χ4n) is 2.84. The Hall–Kier alpha value is -1.88. The van der Waals surface area contributed by atoms with E-state index in [4.69, 9.17) is 9.47 Å². The van der Waals surface area contributed by atoms with E-state index in [0.29, 0.717) is 6.01 Å². The molecule has 0 N–H and O–H groups in total. The van der Waals surface area contributed by atoms with Crippen molar-refractivity contribution in [3.8, 4) is 11.8 Å². The minimum absolute atomic E-state index is 0.384. The van der Waals surface area contributed by atoms with Crippen molar-refractivity contribution in [2.45, 2.75) is 25.7 Å². The van der Waals surface area contributed by atoms with Crippen molar-refractivity contribution in [1.82, 2.24) is 14.9 Å². The maximum Gasteiger partial charge on any atom is 0.316 e. The van der Waals surface area contributed by atoms with Crippen LogP contribution in [0.5, 0.6) is 11.8 Å². The normalized spacial score (nSPS) is 15.9. The van der Waals surface area contributed by atoms with Gasteiger partial charge in [0.25, 0.3) is 0 Å². The van der Waals surface area contributed by atoms with E-state index >= 15 is 0 Å². The highest BCUT2D eigenvalue weighted by Crippen LogP contribution is 2.20. The van der Waals surface area contributed by atoms with Crippen molar-refractivity contribution >= 4 is 10.9 Å². The number of aromatic nitrogens is 2. The predicted molar refractivity (Wildman–Crippen MR) is 86.5 cm³/mol. The van der Waals surface area contributed by atoms with Gasteiger partial charge in [-0.1, -0.05) is 6.42 Å². The highest BCUT2D eigenvalue weighted by molar-refractivity contribution is 5.79. The van der Waals surface area contributed by atoms with Crippen molar-refractivity contribution < 1.29 is 9.47 Å². The van der Waals surface area contributed by atoms with E-state index in [1.54, 1.807) is 13.3 Å². The van der Waals surface area contributed by atoms with Gasteiger partial charge >= 0.3 is 6.01 Å². The maximum atomic E-state index is 5.85. The van der Waals surface area contributed by atoms with Crippen LogP contribution in [0.15, 0.2) is 24.4 Å². The fraction of sp³-hybridized carbons (Fsp3) is 0.529. The molecule has 3 rings (SSSR count). The van der Waals surface area contributed by atoms with Crippen molar-refractivity contribution in [3.63, 3.8) is 0 Å². The van der Waals surface area contributed by atoms with Gasteiger partial charge in [-0.05, 0) is 44.5 Å². The Labute approximate surface area is 131 Å². The molecule has 0 radical (unpaired) electrons. The third-order valence-electron chi connectivity index (χ3n) is 4.05. The Morgan fingerprint density at radius 3 is 2.86 bits per heavy atom. The summed E-state index contributed by atoms with van der Waals surface area (Å²) in [6, 6.07) is 6.28. The number of likely N-dealkylation sites (tertiary alicyclic amines) is 1. The van der Waals surface area contributed by atoms with Gasteiger partial charge in [0.05, 0.1) is 19.2 Å². The van der Waals surface area contributed by atoms with Crippen LogP contribution >= 0.6 is 0 Å². The topological polar surface area (TPSA) is 47.5 Å². The molecule has 2 heterocycles. The Balaban J connectivity index is 1.52. The van der Waals surface area contributed by atoms with E-state index in [2.05, 4.69) is 14.9 Å². The van der Waals surface area contributed by atoms with E-state index in [0.717, 1.165) is 36.2 Å². The van der Waals surface area contributed by atoms with Crippen LogP contribution in [0.4, 0.5) is 0 Å². The molecule has 1 aromatic carbocycles. The lowest BCUT2D eigenvalue weighted by atomic mass is 10.1. The number of nitrogens with zero attached hydrogens (tertiary/aromatic N) is 3. The Morgan fingerprint density at radius 2 is 2.05 bits per heavy atom. The summed E-state index contributed by atoms with van der Waals surface area (Å²) in [5.41, 5.74) is 0.848. The number of rotatable bonds is 6. The average molecular weight is 301 g/mol. The molecule has 1 aliphatic rings. The molecule has 0 saturated carbocycles. The van der Waals surface area contributed by atoms with Gasteiger partial charge in [-0.15, -0.1) is 0 Å². The molecule has 0 atom stereocenters. The molecule has 118 valence electrons. The zero-order valence-electron chi connectivity index (χ0n) is 13.1. The van der Waals surface area contributed by atoms with Gasteiger partial charge in [0.15, 0.2) is 0 Å². The van der Waals surface area contributed by atoms with Gasteiger partial charge in [0.2, 0.25) is 0 Å². The van der Waals surface area contributed by atoms with E-state index in [1.807, 2.05) is 18.2 Å². The molecule has 2 aromatic rings. The number of hydrogen-bond donors (Lipinski definition) is 0. The number of benzene rings is 1. The third kappa shape index (κ3) is 3.85. The van der Waals surface area contributed by atoms with Gasteiger partial charge in [0, 0.05) is 24.2 Å². The Morgan fingerprint density at radius 1 is 1.18 bits per heavy atom. The molecular weight excluding hydrogens is 278 g/mol. The smallest absolute Gasteiger partial charge is 0.316 e. The van der Waals surface area contributed by atoms with Crippen LogP contribution in [-0.4, -0.2) is 48.2 Å². The average Bonchev–Trinajstić information content (AvgIpc) is 2.59. The molecule has 1 aromatic heterocycles.